The van der Waals surface area contributed by atoms with Gasteiger partial charge in [0.05, 0.1) is 5.57 Å². The number of ether oxygens (including phenoxy) is 1. The lowest BCUT2D eigenvalue weighted by Gasteiger charge is -2.31. The molecule has 0 spiro atoms. The second-order valence-corrected chi connectivity index (χ2v) is 5.75. The molecule has 0 aromatic heterocycles. The molecule has 1 aliphatic heterocycles. The molecular weight excluding hydrogens is 272 g/mol. The van der Waals surface area contributed by atoms with Crippen LogP contribution in [0.25, 0.3) is 10.8 Å². The number of rotatable bonds is 3. The van der Waals surface area contributed by atoms with Crippen LogP contribution in [0.1, 0.15) is 38.2 Å². The largest absolute Gasteiger partial charge is 0.440 e. The van der Waals surface area contributed by atoms with Gasteiger partial charge in [0, 0.05) is 16.9 Å². The molecule has 0 aliphatic carbocycles. The molecule has 3 nitrogen and oxygen atoms in total. The molecule has 0 unspecified atom stereocenters. The quantitative estimate of drug-likeness (QED) is 0.909. The van der Waals surface area contributed by atoms with Gasteiger partial charge in [0.1, 0.15) is 11.8 Å². The van der Waals surface area contributed by atoms with Gasteiger partial charge in [-0.3, -0.25) is 0 Å². The van der Waals surface area contributed by atoms with Gasteiger partial charge in [0.25, 0.3) is 0 Å². The maximum Gasteiger partial charge on any atom is 0.205 e. The molecule has 2 aromatic rings. The molecular formula is C19H20N2O. The van der Waals surface area contributed by atoms with Gasteiger partial charge in [-0.15, -0.1) is 0 Å². The summed E-state index contributed by atoms with van der Waals surface area (Å²) in [7, 11) is 0. The predicted octanol–water partition coefficient (Wildman–Crippen LogP) is 4.45. The van der Waals surface area contributed by atoms with E-state index in [-0.39, 0.29) is 11.8 Å². The summed E-state index contributed by atoms with van der Waals surface area (Å²) in [5, 5.41) is 11.7. The van der Waals surface area contributed by atoms with Gasteiger partial charge in [-0.05, 0) is 11.3 Å². The number of nitriles is 1. The fourth-order valence-corrected chi connectivity index (χ4v) is 3.47. The van der Waals surface area contributed by atoms with E-state index in [0.717, 1.165) is 34.9 Å². The molecule has 0 saturated carbocycles. The van der Waals surface area contributed by atoms with E-state index < -0.39 is 0 Å². The lowest BCUT2D eigenvalue weighted by molar-refractivity contribution is 0.353. The number of allylic oxidation sites excluding steroid dienone is 1. The van der Waals surface area contributed by atoms with Crippen molar-refractivity contribution in [1.29, 1.82) is 5.26 Å². The first-order valence-electron chi connectivity index (χ1n) is 7.80. The minimum Gasteiger partial charge on any atom is -0.440 e. The number of hydrogen-bond acceptors (Lipinski definition) is 3. The Balaban J connectivity index is 2.27. The molecule has 0 amide bonds. The summed E-state index contributed by atoms with van der Waals surface area (Å²) < 4.78 is 5.85. The van der Waals surface area contributed by atoms with E-state index in [2.05, 4.69) is 38.1 Å². The summed E-state index contributed by atoms with van der Waals surface area (Å²) in [6, 6.07) is 14.6. The molecule has 0 radical (unpaired) electrons. The zero-order chi connectivity index (χ0) is 15.7. The van der Waals surface area contributed by atoms with Crippen molar-refractivity contribution in [2.24, 2.45) is 11.7 Å². The zero-order valence-corrected chi connectivity index (χ0v) is 13.0. The maximum atomic E-state index is 9.54. The Morgan fingerprint density at radius 2 is 1.91 bits per heavy atom. The number of nitrogens with two attached hydrogens (primary N) is 1. The summed E-state index contributed by atoms with van der Waals surface area (Å²) in [5.74, 6) is 1.47. The van der Waals surface area contributed by atoms with Crippen molar-refractivity contribution in [3.05, 3.63) is 53.4 Å². The van der Waals surface area contributed by atoms with Crippen LogP contribution in [-0.4, -0.2) is 0 Å². The molecule has 112 valence electrons. The minimum atomic E-state index is 0.0216. The molecule has 0 bridgehead atoms. The van der Waals surface area contributed by atoms with Crippen LogP contribution in [-0.2, 0) is 0 Å². The van der Waals surface area contributed by atoms with Crippen LogP contribution in [0, 0.1) is 17.2 Å². The Bertz CT molecular complexity index is 782. The van der Waals surface area contributed by atoms with E-state index in [1.807, 2.05) is 18.2 Å². The summed E-state index contributed by atoms with van der Waals surface area (Å²) >= 11 is 0. The number of nitrogens with zero attached hydrogens (tertiary/aromatic N) is 1. The van der Waals surface area contributed by atoms with Crippen molar-refractivity contribution in [3.8, 4) is 11.8 Å². The van der Waals surface area contributed by atoms with Crippen LogP contribution in [0.4, 0.5) is 0 Å². The van der Waals surface area contributed by atoms with Crippen molar-refractivity contribution in [1.82, 2.24) is 0 Å². The first kappa shape index (κ1) is 14.5. The Morgan fingerprint density at radius 1 is 1.18 bits per heavy atom. The molecule has 3 rings (SSSR count). The average molecular weight is 292 g/mol. The molecule has 0 fully saturated rings. The van der Waals surface area contributed by atoms with Crippen molar-refractivity contribution in [2.45, 2.75) is 32.6 Å². The Labute approximate surface area is 131 Å². The number of hydrogen-bond donors (Lipinski definition) is 1. The molecule has 3 heteroatoms. The summed E-state index contributed by atoms with van der Waals surface area (Å²) in [6.07, 6.45) is 2.01. The Morgan fingerprint density at radius 3 is 2.59 bits per heavy atom. The predicted molar refractivity (Wildman–Crippen MR) is 88.2 cm³/mol. The van der Waals surface area contributed by atoms with Crippen LogP contribution in [0.5, 0.6) is 5.75 Å². The Kier molecular flexibility index (Phi) is 3.77. The molecule has 22 heavy (non-hydrogen) atoms. The smallest absolute Gasteiger partial charge is 0.205 e. The summed E-state index contributed by atoms with van der Waals surface area (Å²) in [6.45, 7) is 4.32. The van der Waals surface area contributed by atoms with E-state index in [0.29, 0.717) is 11.5 Å². The first-order valence-corrected chi connectivity index (χ1v) is 7.80. The fraction of sp³-hybridized carbons (Fsp3) is 0.316. The van der Waals surface area contributed by atoms with Crippen LogP contribution in [0.2, 0.25) is 0 Å². The molecule has 2 aromatic carbocycles. The van der Waals surface area contributed by atoms with Gasteiger partial charge in [0.2, 0.25) is 5.88 Å². The van der Waals surface area contributed by atoms with E-state index in [9.17, 15) is 5.26 Å². The van der Waals surface area contributed by atoms with Gasteiger partial charge in [-0.2, -0.15) is 5.26 Å². The average Bonchev–Trinajstić information content (AvgIpc) is 2.55. The topological polar surface area (TPSA) is 59.0 Å². The monoisotopic (exact) mass is 292 g/mol. The maximum absolute atomic E-state index is 9.54. The van der Waals surface area contributed by atoms with E-state index in [4.69, 9.17) is 10.5 Å². The van der Waals surface area contributed by atoms with Gasteiger partial charge >= 0.3 is 0 Å². The normalized spacial score (nSPS) is 17.3. The third-order valence-corrected chi connectivity index (χ3v) is 4.67. The van der Waals surface area contributed by atoms with Crippen LogP contribution in [0.3, 0.4) is 0 Å². The highest BCUT2D eigenvalue weighted by molar-refractivity contribution is 5.90. The van der Waals surface area contributed by atoms with Gasteiger partial charge in [0.15, 0.2) is 0 Å². The van der Waals surface area contributed by atoms with Gasteiger partial charge in [-0.1, -0.05) is 63.1 Å². The lowest BCUT2D eigenvalue weighted by atomic mass is 9.76. The summed E-state index contributed by atoms with van der Waals surface area (Å²) in [5.41, 5.74) is 7.72. The third-order valence-electron chi connectivity index (χ3n) is 4.67. The number of benzene rings is 2. The van der Waals surface area contributed by atoms with Crippen LogP contribution in [0.15, 0.2) is 47.9 Å². The first-order chi connectivity index (χ1) is 10.7. The van der Waals surface area contributed by atoms with E-state index in [1.54, 1.807) is 0 Å². The minimum absolute atomic E-state index is 0.0216. The third kappa shape index (κ3) is 2.12. The van der Waals surface area contributed by atoms with E-state index in [1.165, 1.54) is 0 Å². The zero-order valence-electron chi connectivity index (χ0n) is 13.0. The van der Waals surface area contributed by atoms with Crippen molar-refractivity contribution in [2.75, 3.05) is 0 Å². The van der Waals surface area contributed by atoms with Gasteiger partial charge in [-0.25, -0.2) is 0 Å². The molecule has 2 N–H and O–H groups in total. The second kappa shape index (κ2) is 5.73. The molecule has 1 atom stereocenters. The van der Waals surface area contributed by atoms with Crippen LogP contribution < -0.4 is 10.5 Å². The van der Waals surface area contributed by atoms with E-state index >= 15 is 0 Å². The highest BCUT2D eigenvalue weighted by Gasteiger charge is 2.34. The lowest BCUT2D eigenvalue weighted by Crippen LogP contribution is -2.25. The molecule has 1 heterocycles. The van der Waals surface area contributed by atoms with Crippen molar-refractivity contribution >= 4 is 10.8 Å². The Hall–Kier alpha value is -2.47. The van der Waals surface area contributed by atoms with Gasteiger partial charge < -0.3 is 10.5 Å². The second-order valence-electron chi connectivity index (χ2n) is 5.75. The fourth-order valence-electron chi connectivity index (χ4n) is 3.47. The summed E-state index contributed by atoms with van der Waals surface area (Å²) in [4.78, 5) is 0. The molecule has 0 saturated heterocycles. The van der Waals surface area contributed by atoms with Crippen molar-refractivity contribution in [3.63, 3.8) is 0 Å². The standard InChI is InChI=1S/C19H20N2O/c1-3-12(4-2)17-15-10-9-13-7-5-6-8-14(13)18(15)22-19(21)16(17)11-20/h5-10,12,17H,3-4,21H2,1-2H3/t17-/m1/s1. The van der Waals surface area contributed by atoms with Crippen LogP contribution >= 0.6 is 0 Å². The van der Waals surface area contributed by atoms with Crippen molar-refractivity contribution < 1.29 is 4.74 Å². The highest BCUT2D eigenvalue weighted by atomic mass is 16.5. The SMILES string of the molecule is CCC(CC)[C@H]1C(C#N)=C(N)Oc2c1ccc1ccccc21. The molecule has 1 aliphatic rings. The highest BCUT2D eigenvalue weighted by Crippen LogP contribution is 2.46. The number of fused-ring (bicyclic) bond motifs is 3.